The van der Waals surface area contributed by atoms with Gasteiger partial charge in [0.25, 0.3) is 0 Å². The van der Waals surface area contributed by atoms with Crippen molar-refractivity contribution in [3.05, 3.63) is 83.7 Å². The molecule has 1 aliphatic heterocycles. The minimum Gasteiger partial charge on any atom is -0.350 e. The van der Waals surface area contributed by atoms with Gasteiger partial charge in [-0.05, 0) is 47.9 Å². The number of hydrogen-bond acceptors (Lipinski definition) is 3. The second-order valence-electron chi connectivity index (χ2n) is 9.72. The number of para-hydroxylation sites is 1. The zero-order valence-corrected chi connectivity index (χ0v) is 18.9. The molecule has 0 spiro atoms. The lowest BCUT2D eigenvalue weighted by Crippen LogP contribution is -2.31. The maximum Gasteiger partial charge on any atom is 0.224 e. The Labute approximate surface area is 190 Å². The first kappa shape index (κ1) is 21.0. The molecular weight excluding hydrogens is 396 g/mol. The van der Waals surface area contributed by atoms with Gasteiger partial charge in [0, 0.05) is 31.2 Å². The highest BCUT2D eigenvalue weighted by molar-refractivity contribution is 5.82. The first-order chi connectivity index (χ1) is 15.6. The number of carbonyl (C=O) groups is 1. The molecule has 32 heavy (non-hydrogen) atoms. The van der Waals surface area contributed by atoms with Gasteiger partial charge < -0.3 is 5.32 Å². The molecule has 3 aromatic rings. The average molecular weight is 429 g/mol. The van der Waals surface area contributed by atoms with Gasteiger partial charge in [-0.2, -0.15) is 5.10 Å². The second kappa shape index (κ2) is 8.91. The van der Waals surface area contributed by atoms with Crippen molar-refractivity contribution in [3.63, 3.8) is 0 Å². The molecule has 1 amide bonds. The molecule has 1 N–H and O–H groups in total. The maximum atomic E-state index is 12.8. The monoisotopic (exact) mass is 428 g/mol. The Kier molecular flexibility index (Phi) is 5.83. The Morgan fingerprint density at radius 2 is 1.69 bits per heavy atom. The van der Waals surface area contributed by atoms with Gasteiger partial charge in [0.05, 0.1) is 17.9 Å². The molecule has 0 radical (unpaired) electrons. The van der Waals surface area contributed by atoms with Crippen LogP contribution in [-0.4, -0.2) is 33.7 Å². The smallest absolute Gasteiger partial charge is 0.224 e. The molecule has 2 atom stereocenters. The summed E-state index contributed by atoms with van der Waals surface area (Å²) in [7, 11) is 0. The van der Waals surface area contributed by atoms with Crippen LogP contribution in [0, 0.1) is 23.7 Å². The van der Waals surface area contributed by atoms with Crippen LogP contribution in [0.4, 0.5) is 0 Å². The van der Waals surface area contributed by atoms with Crippen LogP contribution >= 0.6 is 0 Å². The zero-order valence-electron chi connectivity index (χ0n) is 18.9. The van der Waals surface area contributed by atoms with Crippen molar-refractivity contribution in [2.75, 3.05) is 13.1 Å². The fourth-order valence-corrected chi connectivity index (χ4v) is 5.19. The summed E-state index contributed by atoms with van der Waals surface area (Å²) in [6.07, 6.45) is 0.958. The molecule has 2 fully saturated rings. The highest BCUT2D eigenvalue weighted by atomic mass is 16.2. The summed E-state index contributed by atoms with van der Waals surface area (Å²) in [5, 5.41) is 7.98. The normalized spacial score (nSPS) is 22.2. The van der Waals surface area contributed by atoms with Gasteiger partial charge in [0.15, 0.2) is 0 Å². The standard InChI is InChI=1S/C27H32N4O/c1-19(2)13-23-14-21(29-31(23)22-11-7-4-8-12-22)15-28-27(32)26-24-17-30(18-25(24)26)16-20-9-5-3-6-10-20/h3-12,14,19,24-26H,13,15-18H2,1-2H3,(H,28,32). The van der Waals surface area contributed by atoms with Crippen molar-refractivity contribution in [1.82, 2.24) is 20.0 Å². The van der Waals surface area contributed by atoms with Gasteiger partial charge in [-0.1, -0.05) is 62.4 Å². The van der Waals surface area contributed by atoms with E-state index in [1.807, 2.05) is 22.9 Å². The van der Waals surface area contributed by atoms with Crippen molar-refractivity contribution in [2.24, 2.45) is 23.7 Å². The minimum absolute atomic E-state index is 0.174. The van der Waals surface area contributed by atoms with Crippen LogP contribution in [0.5, 0.6) is 0 Å². The van der Waals surface area contributed by atoms with Gasteiger partial charge in [0.1, 0.15) is 0 Å². The predicted octanol–water partition coefficient (Wildman–Crippen LogP) is 4.07. The molecule has 166 valence electrons. The summed E-state index contributed by atoms with van der Waals surface area (Å²) < 4.78 is 2.02. The SMILES string of the molecule is CC(C)Cc1cc(CNC(=O)C2C3CN(Cc4ccccc4)CC32)nn1-c1ccccc1. The summed E-state index contributed by atoms with van der Waals surface area (Å²) in [4.78, 5) is 15.3. The first-order valence-corrected chi connectivity index (χ1v) is 11.8. The molecule has 5 nitrogen and oxygen atoms in total. The second-order valence-corrected chi connectivity index (χ2v) is 9.72. The molecule has 2 aliphatic rings. The van der Waals surface area contributed by atoms with Crippen LogP contribution in [0.25, 0.3) is 5.69 Å². The summed E-state index contributed by atoms with van der Waals surface area (Å²) in [5.74, 6) is 1.93. The number of amides is 1. The van der Waals surface area contributed by atoms with Crippen LogP contribution in [0.1, 0.15) is 30.8 Å². The van der Waals surface area contributed by atoms with Crippen molar-refractivity contribution < 1.29 is 4.79 Å². The van der Waals surface area contributed by atoms with Gasteiger partial charge >= 0.3 is 0 Å². The van der Waals surface area contributed by atoms with E-state index >= 15 is 0 Å². The lowest BCUT2D eigenvalue weighted by atomic mass is 10.1. The van der Waals surface area contributed by atoms with Crippen molar-refractivity contribution >= 4 is 5.91 Å². The van der Waals surface area contributed by atoms with Crippen LogP contribution < -0.4 is 5.32 Å². The predicted molar refractivity (Wildman–Crippen MR) is 126 cm³/mol. The number of carbonyl (C=O) groups excluding carboxylic acids is 1. The first-order valence-electron chi connectivity index (χ1n) is 11.8. The highest BCUT2D eigenvalue weighted by Crippen LogP contribution is 2.52. The van der Waals surface area contributed by atoms with E-state index in [4.69, 9.17) is 5.10 Å². The number of aromatic nitrogens is 2. The number of nitrogens with zero attached hydrogens (tertiary/aromatic N) is 3. The molecule has 5 heteroatoms. The van der Waals surface area contributed by atoms with E-state index in [0.717, 1.165) is 37.4 Å². The lowest BCUT2D eigenvalue weighted by Gasteiger charge is -2.19. The fourth-order valence-electron chi connectivity index (χ4n) is 5.19. The molecular formula is C27H32N4O. The van der Waals surface area contributed by atoms with E-state index in [0.29, 0.717) is 24.3 Å². The third kappa shape index (κ3) is 4.49. The fraction of sp³-hybridized carbons (Fsp3) is 0.407. The Bertz CT molecular complexity index is 1050. The molecule has 2 unspecified atom stereocenters. The van der Waals surface area contributed by atoms with Crippen LogP contribution in [-0.2, 0) is 24.3 Å². The number of fused-ring (bicyclic) bond motifs is 1. The minimum atomic E-state index is 0.174. The molecule has 5 rings (SSSR count). The lowest BCUT2D eigenvalue weighted by molar-refractivity contribution is -0.123. The molecule has 0 bridgehead atoms. The largest absolute Gasteiger partial charge is 0.350 e. The van der Waals surface area contributed by atoms with E-state index in [2.05, 4.69) is 72.6 Å². The van der Waals surface area contributed by atoms with Gasteiger partial charge in [0.2, 0.25) is 5.91 Å². The number of likely N-dealkylation sites (tertiary alicyclic amines) is 1. The third-order valence-corrected chi connectivity index (χ3v) is 6.72. The van der Waals surface area contributed by atoms with E-state index in [9.17, 15) is 4.79 Å². The van der Waals surface area contributed by atoms with E-state index < -0.39 is 0 Å². The molecule has 1 saturated carbocycles. The van der Waals surface area contributed by atoms with Gasteiger partial charge in [-0.3, -0.25) is 9.69 Å². The summed E-state index contributed by atoms with van der Waals surface area (Å²) in [6, 6.07) is 23.0. The average Bonchev–Trinajstić information content (AvgIpc) is 3.10. The van der Waals surface area contributed by atoms with E-state index in [1.165, 1.54) is 11.3 Å². The third-order valence-electron chi connectivity index (χ3n) is 6.72. The number of nitrogens with one attached hydrogen (secondary N) is 1. The number of rotatable bonds is 8. The highest BCUT2D eigenvalue weighted by Gasteiger charge is 2.59. The number of hydrogen-bond donors (Lipinski definition) is 1. The van der Waals surface area contributed by atoms with Crippen molar-refractivity contribution in [3.8, 4) is 5.69 Å². The molecule has 2 heterocycles. The van der Waals surface area contributed by atoms with Crippen molar-refractivity contribution in [2.45, 2.75) is 33.4 Å². The number of piperidine rings is 1. The Morgan fingerprint density at radius 3 is 2.34 bits per heavy atom. The Hall–Kier alpha value is -2.92. The quantitative estimate of drug-likeness (QED) is 0.589. The summed E-state index contributed by atoms with van der Waals surface area (Å²) in [5.41, 5.74) is 4.53. The van der Waals surface area contributed by atoms with E-state index in [1.54, 1.807) is 0 Å². The van der Waals surface area contributed by atoms with E-state index in [-0.39, 0.29) is 11.8 Å². The van der Waals surface area contributed by atoms with Gasteiger partial charge in [-0.25, -0.2) is 4.68 Å². The molecule has 1 saturated heterocycles. The topological polar surface area (TPSA) is 50.2 Å². The van der Waals surface area contributed by atoms with Crippen molar-refractivity contribution in [1.29, 1.82) is 0 Å². The van der Waals surface area contributed by atoms with Gasteiger partial charge in [-0.15, -0.1) is 0 Å². The van der Waals surface area contributed by atoms with Crippen LogP contribution in [0.2, 0.25) is 0 Å². The summed E-state index contributed by atoms with van der Waals surface area (Å²) in [6.45, 7) is 7.97. The maximum absolute atomic E-state index is 12.8. The molecule has 1 aromatic heterocycles. The Morgan fingerprint density at radius 1 is 1.03 bits per heavy atom. The zero-order chi connectivity index (χ0) is 22.1. The molecule has 2 aromatic carbocycles. The van der Waals surface area contributed by atoms with Crippen LogP contribution in [0.3, 0.4) is 0 Å². The van der Waals surface area contributed by atoms with Crippen LogP contribution in [0.15, 0.2) is 66.7 Å². The summed E-state index contributed by atoms with van der Waals surface area (Å²) >= 11 is 0. The Balaban J connectivity index is 1.16. The molecule has 1 aliphatic carbocycles. The number of benzene rings is 2.